The molecule has 10 heteroatoms. The molecule has 1 atom stereocenters. The maximum atomic E-state index is 13.7. The monoisotopic (exact) mass is 349 g/mol. The van der Waals surface area contributed by atoms with Crippen molar-refractivity contribution in [1.29, 1.82) is 0 Å². The van der Waals surface area contributed by atoms with E-state index in [4.69, 9.17) is 0 Å². The number of ether oxygens (including phenoxy) is 1. The van der Waals surface area contributed by atoms with E-state index in [-0.39, 0.29) is 22.9 Å². The quantitative estimate of drug-likeness (QED) is 0.644. The van der Waals surface area contributed by atoms with Crippen LogP contribution in [0.1, 0.15) is 11.6 Å². The summed E-state index contributed by atoms with van der Waals surface area (Å²) in [6.07, 6.45) is -1.09. The first-order chi connectivity index (χ1) is 9.19. The number of cyclic esters (lactones) is 1. The normalized spacial score (nSPS) is 21.0. The highest BCUT2D eigenvalue weighted by Crippen LogP contribution is 2.43. The van der Waals surface area contributed by atoms with Crippen LogP contribution in [-0.2, 0) is 4.74 Å². The van der Waals surface area contributed by atoms with E-state index in [0.717, 1.165) is 12.1 Å². The molecule has 0 aromatic heterocycles. The van der Waals surface area contributed by atoms with E-state index in [9.17, 15) is 26.7 Å². The molecule has 1 fully saturated rings. The standard InChI is InChI=1S/C11H8F5NO2S.ClH/c12-10(13)5-19-9(18)17-8(10)6-3-1-2-4-7(6)20-11(14,15)16;/h1-4,8H,5H2,(H,17,18);1H/t8-;/m0./s1. The highest BCUT2D eigenvalue weighted by atomic mass is 35.5. The number of amides is 1. The molecule has 2 rings (SSSR count). The molecule has 1 aromatic carbocycles. The molecule has 1 saturated heterocycles. The zero-order chi connectivity index (χ0) is 15.0. The van der Waals surface area contributed by atoms with Gasteiger partial charge in [0.25, 0.3) is 0 Å². The van der Waals surface area contributed by atoms with E-state index >= 15 is 0 Å². The summed E-state index contributed by atoms with van der Waals surface area (Å²) in [7, 11) is 0. The van der Waals surface area contributed by atoms with E-state index in [0.29, 0.717) is 0 Å². The Morgan fingerprint density at radius 3 is 2.52 bits per heavy atom. The number of carbonyl (C=O) groups excluding carboxylic acids is 1. The maximum Gasteiger partial charge on any atom is 0.446 e. The van der Waals surface area contributed by atoms with Crippen molar-refractivity contribution in [2.75, 3.05) is 6.61 Å². The third-order valence-electron chi connectivity index (χ3n) is 2.54. The van der Waals surface area contributed by atoms with Gasteiger partial charge >= 0.3 is 17.5 Å². The van der Waals surface area contributed by atoms with Gasteiger partial charge in [-0.2, -0.15) is 13.2 Å². The molecule has 21 heavy (non-hydrogen) atoms. The number of alkyl carbamates (subject to hydrolysis) is 1. The molecule has 1 aliphatic heterocycles. The number of thioether (sulfide) groups is 1. The Labute approximate surface area is 126 Å². The first-order valence-corrected chi connectivity index (χ1v) is 6.16. The smallest absolute Gasteiger partial charge is 0.443 e. The molecule has 1 aliphatic rings. The lowest BCUT2D eigenvalue weighted by Gasteiger charge is -2.32. The highest BCUT2D eigenvalue weighted by molar-refractivity contribution is 8.00. The molecule has 3 nitrogen and oxygen atoms in total. The van der Waals surface area contributed by atoms with Crippen molar-refractivity contribution in [3.63, 3.8) is 0 Å². The average molecular weight is 350 g/mol. The second kappa shape index (κ2) is 6.27. The summed E-state index contributed by atoms with van der Waals surface area (Å²) in [5.41, 5.74) is -4.91. The number of halogens is 6. The zero-order valence-electron chi connectivity index (χ0n) is 10.1. The molecule has 0 unspecified atom stereocenters. The summed E-state index contributed by atoms with van der Waals surface area (Å²) in [5, 5.41) is 1.86. The molecule has 1 N–H and O–H groups in total. The average Bonchev–Trinajstić information content (AvgIpc) is 2.31. The SMILES string of the molecule is Cl.O=C1N[C@@H](c2ccccc2SC(F)(F)F)C(F)(F)CO1. The summed E-state index contributed by atoms with van der Waals surface area (Å²) < 4.78 is 68.8. The Bertz CT molecular complexity index is 526. The third-order valence-corrected chi connectivity index (χ3v) is 3.36. The van der Waals surface area contributed by atoms with Gasteiger partial charge in [-0.05, 0) is 23.4 Å². The fourth-order valence-electron chi connectivity index (χ4n) is 1.75. The van der Waals surface area contributed by atoms with E-state index in [1.54, 1.807) is 0 Å². The Morgan fingerprint density at radius 1 is 1.29 bits per heavy atom. The molecule has 0 saturated carbocycles. The van der Waals surface area contributed by atoms with Gasteiger partial charge in [-0.15, -0.1) is 12.4 Å². The summed E-state index contributed by atoms with van der Waals surface area (Å²) in [6, 6.07) is 2.98. The van der Waals surface area contributed by atoms with Gasteiger partial charge in [0, 0.05) is 4.90 Å². The second-order valence-corrected chi connectivity index (χ2v) is 5.11. The van der Waals surface area contributed by atoms with Crippen LogP contribution in [0, 0.1) is 0 Å². The number of hydrogen-bond acceptors (Lipinski definition) is 3. The Hall–Kier alpha value is -1.22. The van der Waals surface area contributed by atoms with Gasteiger partial charge in [0.1, 0.15) is 6.04 Å². The lowest BCUT2D eigenvalue weighted by atomic mass is 10.00. The van der Waals surface area contributed by atoms with Crippen molar-refractivity contribution >= 4 is 30.3 Å². The molecule has 118 valence electrons. The Balaban J connectivity index is 0.00000220. The van der Waals surface area contributed by atoms with E-state index in [1.165, 1.54) is 12.1 Å². The first-order valence-electron chi connectivity index (χ1n) is 5.35. The molecular formula is C11H9ClF5NO2S. The molecule has 1 amide bonds. The Morgan fingerprint density at radius 2 is 1.90 bits per heavy atom. The number of hydrogen-bond donors (Lipinski definition) is 1. The third kappa shape index (κ3) is 4.37. The van der Waals surface area contributed by atoms with E-state index in [1.807, 2.05) is 5.32 Å². The number of carbonyl (C=O) groups is 1. The molecular weight excluding hydrogens is 341 g/mol. The number of benzene rings is 1. The minimum Gasteiger partial charge on any atom is -0.443 e. The number of nitrogens with one attached hydrogen (secondary N) is 1. The predicted octanol–water partition coefficient (Wildman–Crippen LogP) is 4.14. The Kier molecular flexibility index (Phi) is 5.32. The number of alkyl halides is 5. The second-order valence-electron chi connectivity index (χ2n) is 4.00. The molecule has 0 aliphatic carbocycles. The van der Waals surface area contributed by atoms with Crippen molar-refractivity contribution in [2.45, 2.75) is 22.4 Å². The van der Waals surface area contributed by atoms with Gasteiger partial charge in [-0.25, -0.2) is 13.6 Å². The van der Waals surface area contributed by atoms with Crippen LogP contribution in [0.2, 0.25) is 0 Å². The van der Waals surface area contributed by atoms with Crippen molar-refractivity contribution < 1.29 is 31.5 Å². The van der Waals surface area contributed by atoms with Crippen LogP contribution in [-0.4, -0.2) is 24.1 Å². The molecule has 1 aromatic rings. The van der Waals surface area contributed by atoms with Gasteiger partial charge < -0.3 is 10.1 Å². The first kappa shape index (κ1) is 17.8. The molecule has 0 radical (unpaired) electrons. The van der Waals surface area contributed by atoms with Crippen LogP contribution in [0.5, 0.6) is 0 Å². The molecule has 0 spiro atoms. The van der Waals surface area contributed by atoms with Crippen molar-refractivity contribution in [3.05, 3.63) is 29.8 Å². The van der Waals surface area contributed by atoms with Crippen LogP contribution in [0.4, 0.5) is 26.7 Å². The van der Waals surface area contributed by atoms with Gasteiger partial charge in [0.15, 0.2) is 6.61 Å². The van der Waals surface area contributed by atoms with Crippen LogP contribution < -0.4 is 5.32 Å². The number of rotatable bonds is 2. The van der Waals surface area contributed by atoms with Gasteiger partial charge in [-0.1, -0.05) is 18.2 Å². The topological polar surface area (TPSA) is 38.3 Å². The fourth-order valence-corrected chi connectivity index (χ4v) is 2.45. The van der Waals surface area contributed by atoms with Crippen molar-refractivity contribution in [1.82, 2.24) is 5.32 Å². The van der Waals surface area contributed by atoms with Crippen molar-refractivity contribution in [3.8, 4) is 0 Å². The minimum absolute atomic E-state index is 0. The summed E-state index contributed by atoms with van der Waals surface area (Å²) in [4.78, 5) is 10.7. The van der Waals surface area contributed by atoms with Gasteiger partial charge in [0.05, 0.1) is 0 Å². The molecule has 1 heterocycles. The fraction of sp³-hybridized carbons (Fsp3) is 0.364. The zero-order valence-corrected chi connectivity index (χ0v) is 11.7. The molecule has 0 bridgehead atoms. The van der Waals surface area contributed by atoms with Crippen molar-refractivity contribution in [2.24, 2.45) is 0 Å². The predicted molar refractivity (Wildman–Crippen MR) is 67.8 cm³/mol. The summed E-state index contributed by atoms with van der Waals surface area (Å²) in [5.74, 6) is -3.49. The summed E-state index contributed by atoms with van der Waals surface area (Å²) in [6.45, 7) is -1.17. The van der Waals surface area contributed by atoms with Gasteiger partial charge in [-0.3, -0.25) is 0 Å². The van der Waals surface area contributed by atoms with Crippen LogP contribution >= 0.6 is 24.2 Å². The van der Waals surface area contributed by atoms with Gasteiger partial charge in [0.2, 0.25) is 0 Å². The highest BCUT2D eigenvalue weighted by Gasteiger charge is 2.48. The maximum absolute atomic E-state index is 13.7. The lowest BCUT2D eigenvalue weighted by Crippen LogP contribution is -2.49. The summed E-state index contributed by atoms with van der Waals surface area (Å²) >= 11 is -0.502. The largest absolute Gasteiger partial charge is 0.446 e. The minimum atomic E-state index is -4.61. The van der Waals surface area contributed by atoms with Crippen LogP contribution in [0.25, 0.3) is 0 Å². The van der Waals surface area contributed by atoms with Crippen LogP contribution in [0.15, 0.2) is 29.2 Å². The lowest BCUT2D eigenvalue weighted by molar-refractivity contribution is -0.104. The van der Waals surface area contributed by atoms with E-state index in [2.05, 4.69) is 4.74 Å². The van der Waals surface area contributed by atoms with Crippen LogP contribution in [0.3, 0.4) is 0 Å². The van der Waals surface area contributed by atoms with E-state index < -0.39 is 41.9 Å².